The quantitative estimate of drug-likeness (QED) is 0.845. The molecule has 0 spiro atoms. The standard InChI is InChI=1S/C12H13Cl2N3O2.BrH/c1-3-12(15)16-10-5-4-9(13)11(14)8(10)6-17(12)19-7(2)18;/h4-6H,3,15H2,1-2H3;1H. The molecule has 1 atom stereocenters. The number of nitrogens with zero attached hydrogens (tertiary/aromatic N) is 2. The largest absolute Gasteiger partial charge is 0.338 e. The van der Waals surface area contributed by atoms with Gasteiger partial charge in [0.05, 0.1) is 21.6 Å². The van der Waals surface area contributed by atoms with Crippen LogP contribution in [-0.2, 0) is 9.63 Å². The van der Waals surface area contributed by atoms with Crippen molar-refractivity contribution in [2.45, 2.75) is 26.1 Å². The number of carbonyl (C=O) groups excluding carboxylic acids is 1. The second-order valence-electron chi connectivity index (χ2n) is 4.18. The molecule has 5 nitrogen and oxygen atoms in total. The SMILES string of the molecule is Br.CCC1(N)N=c2ccc(Cl)c(Cl)c2=CN1OC(C)=O. The summed E-state index contributed by atoms with van der Waals surface area (Å²) in [4.78, 5) is 20.6. The van der Waals surface area contributed by atoms with Crippen LogP contribution in [0.4, 0.5) is 0 Å². The first kappa shape index (κ1) is 17.2. The van der Waals surface area contributed by atoms with Gasteiger partial charge in [-0.25, -0.2) is 4.99 Å². The topological polar surface area (TPSA) is 67.9 Å². The Labute approximate surface area is 136 Å². The number of benzene rings is 1. The van der Waals surface area contributed by atoms with Crippen LogP contribution in [0.15, 0.2) is 17.1 Å². The molecule has 0 bridgehead atoms. The van der Waals surface area contributed by atoms with Gasteiger partial charge in [-0.2, -0.15) is 5.06 Å². The molecule has 1 unspecified atom stereocenters. The summed E-state index contributed by atoms with van der Waals surface area (Å²) in [7, 11) is 0. The Morgan fingerprint density at radius 3 is 2.70 bits per heavy atom. The average molecular weight is 383 g/mol. The molecular formula is C12H14BrCl2N3O2. The van der Waals surface area contributed by atoms with Crippen LogP contribution in [0, 0.1) is 0 Å². The van der Waals surface area contributed by atoms with Crippen molar-refractivity contribution in [3.8, 4) is 0 Å². The van der Waals surface area contributed by atoms with E-state index in [1.807, 2.05) is 6.92 Å². The molecule has 1 aliphatic rings. The van der Waals surface area contributed by atoms with Gasteiger partial charge in [-0.05, 0) is 12.1 Å². The van der Waals surface area contributed by atoms with Gasteiger partial charge in [0.1, 0.15) is 0 Å². The number of hydroxylamine groups is 2. The monoisotopic (exact) mass is 381 g/mol. The zero-order chi connectivity index (χ0) is 14.2. The first-order valence-electron chi connectivity index (χ1n) is 5.70. The van der Waals surface area contributed by atoms with Crippen LogP contribution in [0.3, 0.4) is 0 Å². The molecule has 1 aromatic carbocycles. The van der Waals surface area contributed by atoms with Gasteiger partial charge in [-0.3, -0.25) is 10.5 Å². The predicted molar refractivity (Wildman–Crippen MR) is 82.8 cm³/mol. The smallest absolute Gasteiger partial charge is 0.329 e. The van der Waals surface area contributed by atoms with Crippen LogP contribution >= 0.6 is 40.2 Å². The van der Waals surface area contributed by atoms with Crippen LogP contribution in [0.2, 0.25) is 10.0 Å². The molecular weight excluding hydrogens is 369 g/mol. The minimum Gasteiger partial charge on any atom is -0.338 e. The first-order valence-corrected chi connectivity index (χ1v) is 6.45. The van der Waals surface area contributed by atoms with E-state index in [9.17, 15) is 4.79 Å². The van der Waals surface area contributed by atoms with E-state index in [-0.39, 0.29) is 17.0 Å². The van der Waals surface area contributed by atoms with E-state index in [1.54, 1.807) is 18.3 Å². The Morgan fingerprint density at radius 1 is 1.50 bits per heavy atom. The highest BCUT2D eigenvalue weighted by Gasteiger charge is 2.33. The molecule has 2 rings (SSSR count). The summed E-state index contributed by atoms with van der Waals surface area (Å²) in [6.07, 6.45) is 2.00. The van der Waals surface area contributed by atoms with Crippen molar-refractivity contribution < 1.29 is 9.63 Å². The molecule has 8 heteroatoms. The maximum Gasteiger partial charge on any atom is 0.329 e. The number of hydrogen-bond acceptors (Lipinski definition) is 5. The van der Waals surface area contributed by atoms with Crippen LogP contribution in [0.5, 0.6) is 0 Å². The van der Waals surface area contributed by atoms with E-state index in [0.717, 1.165) is 0 Å². The zero-order valence-corrected chi connectivity index (χ0v) is 14.1. The molecule has 0 saturated heterocycles. The number of carbonyl (C=O) groups is 1. The molecule has 20 heavy (non-hydrogen) atoms. The molecule has 1 heterocycles. The maximum absolute atomic E-state index is 11.1. The van der Waals surface area contributed by atoms with Crippen molar-refractivity contribution >= 4 is 52.4 Å². The van der Waals surface area contributed by atoms with E-state index in [4.69, 9.17) is 33.8 Å². The molecule has 0 fully saturated rings. The van der Waals surface area contributed by atoms with Crippen LogP contribution < -0.4 is 16.3 Å². The third kappa shape index (κ3) is 3.09. The van der Waals surface area contributed by atoms with Crippen molar-refractivity contribution in [3.63, 3.8) is 0 Å². The zero-order valence-electron chi connectivity index (χ0n) is 10.9. The molecule has 0 saturated carbocycles. The molecule has 0 aromatic heterocycles. The lowest BCUT2D eigenvalue weighted by Gasteiger charge is -2.35. The van der Waals surface area contributed by atoms with Gasteiger partial charge >= 0.3 is 5.97 Å². The van der Waals surface area contributed by atoms with Gasteiger partial charge in [0.15, 0.2) is 0 Å². The van der Waals surface area contributed by atoms with E-state index in [2.05, 4.69) is 4.99 Å². The third-order valence-corrected chi connectivity index (χ3v) is 3.62. The van der Waals surface area contributed by atoms with Crippen LogP contribution in [-0.4, -0.2) is 16.8 Å². The van der Waals surface area contributed by atoms with E-state index in [1.165, 1.54) is 12.0 Å². The minimum absolute atomic E-state index is 0. The molecule has 0 amide bonds. The number of rotatable bonds is 2. The van der Waals surface area contributed by atoms with Gasteiger partial charge in [0.2, 0.25) is 5.79 Å². The maximum atomic E-state index is 11.1. The summed E-state index contributed by atoms with van der Waals surface area (Å²) in [5.74, 6) is -1.63. The highest BCUT2D eigenvalue weighted by atomic mass is 79.9. The lowest BCUT2D eigenvalue weighted by molar-refractivity contribution is -0.193. The second-order valence-corrected chi connectivity index (χ2v) is 4.96. The summed E-state index contributed by atoms with van der Waals surface area (Å²) >= 11 is 12.1. The third-order valence-electron chi connectivity index (χ3n) is 2.80. The number of halogens is 3. The normalized spacial score (nSPS) is 20.1. The Morgan fingerprint density at radius 2 is 2.15 bits per heavy atom. The highest BCUT2D eigenvalue weighted by Crippen LogP contribution is 2.21. The van der Waals surface area contributed by atoms with Crippen molar-refractivity contribution in [2.24, 2.45) is 10.7 Å². The molecule has 0 radical (unpaired) electrons. The predicted octanol–water partition coefficient (Wildman–Crippen LogP) is 1.75. The fraction of sp³-hybridized carbons (Fsp3) is 0.333. The van der Waals surface area contributed by atoms with Gasteiger partial charge in [-0.1, -0.05) is 30.1 Å². The fourth-order valence-corrected chi connectivity index (χ4v) is 2.12. The summed E-state index contributed by atoms with van der Waals surface area (Å²) in [5.41, 5.74) is 6.13. The number of fused-ring (bicyclic) bond motifs is 1. The lowest BCUT2D eigenvalue weighted by atomic mass is 10.2. The Hall–Kier alpha value is -0.820. The van der Waals surface area contributed by atoms with E-state index in [0.29, 0.717) is 27.0 Å². The van der Waals surface area contributed by atoms with E-state index >= 15 is 0 Å². The number of hydrogen-bond donors (Lipinski definition) is 1. The highest BCUT2D eigenvalue weighted by molar-refractivity contribution is 8.93. The van der Waals surface area contributed by atoms with Gasteiger partial charge in [0, 0.05) is 18.6 Å². The molecule has 0 aliphatic carbocycles. The van der Waals surface area contributed by atoms with Crippen molar-refractivity contribution in [2.75, 3.05) is 0 Å². The van der Waals surface area contributed by atoms with Gasteiger partial charge < -0.3 is 4.84 Å². The fourth-order valence-electron chi connectivity index (χ4n) is 1.74. The van der Waals surface area contributed by atoms with Crippen molar-refractivity contribution in [3.05, 3.63) is 32.8 Å². The second kappa shape index (κ2) is 6.30. The van der Waals surface area contributed by atoms with Crippen LogP contribution in [0.1, 0.15) is 20.3 Å². The molecule has 1 aromatic rings. The van der Waals surface area contributed by atoms with Gasteiger partial charge in [-0.15, -0.1) is 17.0 Å². The number of nitrogens with two attached hydrogens (primary N) is 1. The summed E-state index contributed by atoms with van der Waals surface area (Å²) in [5, 5.41) is 3.14. The lowest BCUT2D eigenvalue weighted by Crippen LogP contribution is -2.57. The van der Waals surface area contributed by atoms with E-state index < -0.39 is 11.8 Å². The Bertz CT molecular complexity index is 653. The summed E-state index contributed by atoms with van der Waals surface area (Å²) in [6.45, 7) is 3.13. The van der Waals surface area contributed by atoms with Crippen molar-refractivity contribution in [1.29, 1.82) is 0 Å². The van der Waals surface area contributed by atoms with Crippen molar-refractivity contribution in [1.82, 2.24) is 5.06 Å². The summed E-state index contributed by atoms with van der Waals surface area (Å²) < 4.78 is 0. The average Bonchev–Trinajstić information content (AvgIpc) is 2.35. The Balaban J connectivity index is 0.00000200. The molecule has 2 N–H and O–H groups in total. The minimum atomic E-state index is -1.14. The van der Waals surface area contributed by atoms with Gasteiger partial charge in [0.25, 0.3) is 0 Å². The molecule has 110 valence electrons. The Kier molecular flexibility index (Phi) is 5.43. The molecule has 1 aliphatic heterocycles. The summed E-state index contributed by atoms with van der Waals surface area (Å²) in [6, 6.07) is 3.38. The first-order chi connectivity index (χ1) is 8.87. The van der Waals surface area contributed by atoms with Crippen LogP contribution in [0.25, 0.3) is 6.20 Å².